The van der Waals surface area contributed by atoms with E-state index in [-0.39, 0.29) is 18.5 Å². The summed E-state index contributed by atoms with van der Waals surface area (Å²) in [6.45, 7) is 5.91. The van der Waals surface area contributed by atoms with Crippen molar-refractivity contribution in [2.45, 2.75) is 58.0 Å². The predicted molar refractivity (Wildman–Crippen MR) is 108 cm³/mol. The fourth-order valence-electron chi connectivity index (χ4n) is 4.33. The topological polar surface area (TPSA) is 78.5 Å². The third-order valence-corrected chi connectivity index (χ3v) is 6.65. The molecule has 2 N–H and O–H groups in total. The highest BCUT2D eigenvalue weighted by molar-refractivity contribution is 6.30. The SMILES string of the molecule is CC[C@]1(c2ccc(Cl)cc2)NC(=O)N(CC(=O)N[C@@H]2CCC[C@H](C)[C@H]2C)C1=O. The van der Waals surface area contributed by atoms with Crippen molar-refractivity contribution in [1.82, 2.24) is 15.5 Å². The second kappa shape index (κ2) is 8.11. The van der Waals surface area contributed by atoms with Gasteiger partial charge in [0.25, 0.3) is 5.91 Å². The predicted octanol–water partition coefficient (Wildman–Crippen LogP) is 3.44. The molecule has 1 saturated carbocycles. The zero-order valence-corrected chi connectivity index (χ0v) is 17.4. The molecular formula is C21H28ClN3O3. The second-order valence-corrected chi connectivity index (χ2v) is 8.46. The Balaban J connectivity index is 1.72. The lowest BCUT2D eigenvalue weighted by atomic mass is 9.78. The number of hydrogen-bond acceptors (Lipinski definition) is 3. The standard InChI is InChI=1S/C21H28ClN3O3/c1-4-21(15-8-10-16(22)11-9-15)19(27)25(20(28)24-21)12-18(26)23-17-7-5-6-13(2)14(17)3/h8-11,13-14,17H,4-7,12H2,1-3H3,(H,23,26)(H,24,28)/t13-,14+,17+,21+/m0/s1. The van der Waals surface area contributed by atoms with Crippen molar-refractivity contribution in [3.05, 3.63) is 34.9 Å². The fourth-order valence-corrected chi connectivity index (χ4v) is 4.45. The van der Waals surface area contributed by atoms with Gasteiger partial charge >= 0.3 is 6.03 Å². The van der Waals surface area contributed by atoms with Crippen LogP contribution in [0.4, 0.5) is 4.79 Å². The number of benzene rings is 1. The Hall–Kier alpha value is -2.08. The van der Waals surface area contributed by atoms with E-state index in [1.165, 1.54) is 6.42 Å². The van der Waals surface area contributed by atoms with Crippen molar-refractivity contribution < 1.29 is 14.4 Å². The number of carbonyl (C=O) groups is 3. The van der Waals surface area contributed by atoms with Crippen LogP contribution in [-0.2, 0) is 15.1 Å². The largest absolute Gasteiger partial charge is 0.352 e. The number of rotatable bonds is 5. The first-order valence-electron chi connectivity index (χ1n) is 9.98. The Morgan fingerprint density at radius 3 is 2.57 bits per heavy atom. The number of urea groups is 1. The summed E-state index contributed by atoms with van der Waals surface area (Å²) in [5.41, 5.74) is -0.496. The van der Waals surface area contributed by atoms with Crippen molar-refractivity contribution >= 4 is 29.4 Å². The van der Waals surface area contributed by atoms with E-state index in [2.05, 4.69) is 24.5 Å². The van der Waals surface area contributed by atoms with Gasteiger partial charge in [0.15, 0.2) is 0 Å². The molecule has 4 amide bonds. The first-order chi connectivity index (χ1) is 13.3. The molecule has 0 aromatic heterocycles. The highest BCUT2D eigenvalue weighted by Gasteiger charge is 2.51. The molecule has 4 atom stereocenters. The maximum atomic E-state index is 13.1. The van der Waals surface area contributed by atoms with Crippen LogP contribution >= 0.6 is 11.6 Å². The van der Waals surface area contributed by atoms with Crippen LogP contribution in [-0.4, -0.2) is 35.3 Å². The molecule has 1 aromatic carbocycles. The van der Waals surface area contributed by atoms with Gasteiger partial charge in [-0.15, -0.1) is 0 Å². The highest BCUT2D eigenvalue weighted by Crippen LogP contribution is 2.33. The van der Waals surface area contributed by atoms with Gasteiger partial charge in [0, 0.05) is 11.1 Å². The smallest absolute Gasteiger partial charge is 0.325 e. The van der Waals surface area contributed by atoms with Gasteiger partial charge < -0.3 is 10.6 Å². The summed E-state index contributed by atoms with van der Waals surface area (Å²) in [6.07, 6.45) is 3.56. The van der Waals surface area contributed by atoms with E-state index in [4.69, 9.17) is 11.6 Å². The van der Waals surface area contributed by atoms with Gasteiger partial charge in [-0.05, 0) is 42.4 Å². The van der Waals surface area contributed by atoms with Crippen LogP contribution in [0, 0.1) is 11.8 Å². The van der Waals surface area contributed by atoms with E-state index in [1.807, 2.05) is 6.92 Å². The Morgan fingerprint density at radius 1 is 1.25 bits per heavy atom. The minimum Gasteiger partial charge on any atom is -0.352 e. The van der Waals surface area contributed by atoms with Gasteiger partial charge in [0.05, 0.1) is 0 Å². The Morgan fingerprint density at radius 2 is 1.93 bits per heavy atom. The van der Waals surface area contributed by atoms with E-state index in [9.17, 15) is 14.4 Å². The van der Waals surface area contributed by atoms with Gasteiger partial charge in [-0.2, -0.15) is 0 Å². The van der Waals surface area contributed by atoms with Crippen molar-refractivity contribution in [2.75, 3.05) is 6.54 Å². The third-order valence-electron chi connectivity index (χ3n) is 6.40. The van der Waals surface area contributed by atoms with E-state index < -0.39 is 17.5 Å². The van der Waals surface area contributed by atoms with Crippen LogP contribution in [0.1, 0.15) is 52.0 Å². The highest BCUT2D eigenvalue weighted by atomic mass is 35.5. The number of hydrogen-bond donors (Lipinski definition) is 2. The lowest BCUT2D eigenvalue weighted by Gasteiger charge is -2.34. The number of carbonyl (C=O) groups excluding carboxylic acids is 3. The fraction of sp³-hybridized carbons (Fsp3) is 0.571. The lowest BCUT2D eigenvalue weighted by molar-refractivity contribution is -0.135. The minimum absolute atomic E-state index is 0.0872. The molecule has 1 saturated heterocycles. The van der Waals surface area contributed by atoms with Crippen LogP contribution in [0.3, 0.4) is 0 Å². The Kier molecular flexibility index (Phi) is 5.98. The molecule has 0 radical (unpaired) electrons. The van der Waals surface area contributed by atoms with E-state index in [1.54, 1.807) is 24.3 Å². The van der Waals surface area contributed by atoms with Crippen molar-refractivity contribution in [3.8, 4) is 0 Å². The molecule has 0 bridgehead atoms. The molecule has 7 heteroatoms. The monoisotopic (exact) mass is 405 g/mol. The number of nitrogens with one attached hydrogen (secondary N) is 2. The lowest BCUT2D eigenvalue weighted by Crippen LogP contribution is -2.49. The molecule has 1 aliphatic carbocycles. The molecule has 2 fully saturated rings. The average molecular weight is 406 g/mol. The number of imide groups is 1. The van der Waals surface area contributed by atoms with Crippen LogP contribution in [0.2, 0.25) is 5.02 Å². The molecule has 0 spiro atoms. The number of amides is 4. The van der Waals surface area contributed by atoms with Crippen LogP contribution in [0.15, 0.2) is 24.3 Å². The average Bonchev–Trinajstić information content (AvgIpc) is 2.91. The molecule has 2 aliphatic rings. The Labute approximate surface area is 171 Å². The summed E-state index contributed by atoms with van der Waals surface area (Å²) >= 11 is 5.95. The minimum atomic E-state index is -1.16. The molecule has 1 heterocycles. The maximum Gasteiger partial charge on any atom is 0.325 e. The maximum absolute atomic E-state index is 13.1. The van der Waals surface area contributed by atoms with Crippen LogP contribution in [0.25, 0.3) is 0 Å². The third kappa shape index (κ3) is 3.75. The summed E-state index contributed by atoms with van der Waals surface area (Å²) < 4.78 is 0. The number of nitrogens with zero attached hydrogens (tertiary/aromatic N) is 1. The van der Waals surface area contributed by atoms with E-state index in [0.717, 1.165) is 17.7 Å². The Bertz CT molecular complexity index is 767. The summed E-state index contributed by atoms with van der Waals surface area (Å²) in [5.74, 6) is 0.234. The molecule has 1 aromatic rings. The molecule has 152 valence electrons. The second-order valence-electron chi connectivity index (χ2n) is 8.03. The molecule has 3 rings (SSSR count). The summed E-state index contributed by atoms with van der Waals surface area (Å²) in [4.78, 5) is 39.3. The molecular weight excluding hydrogens is 378 g/mol. The zero-order chi connectivity index (χ0) is 20.5. The van der Waals surface area contributed by atoms with Gasteiger partial charge in [-0.25, -0.2) is 4.79 Å². The summed E-state index contributed by atoms with van der Waals surface area (Å²) in [7, 11) is 0. The normalized spacial score (nSPS) is 30.3. The molecule has 6 nitrogen and oxygen atoms in total. The van der Waals surface area contributed by atoms with Gasteiger partial charge in [0.1, 0.15) is 12.1 Å². The number of halogens is 1. The van der Waals surface area contributed by atoms with Crippen LogP contribution in [0.5, 0.6) is 0 Å². The van der Waals surface area contributed by atoms with Gasteiger partial charge in [-0.3, -0.25) is 14.5 Å². The van der Waals surface area contributed by atoms with E-state index >= 15 is 0 Å². The quantitative estimate of drug-likeness (QED) is 0.736. The van der Waals surface area contributed by atoms with Gasteiger partial charge in [0.2, 0.25) is 5.91 Å². The zero-order valence-electron chi connectivity index (χ0n) is 16.6. The first kappa shape index (κ1) is 20.6. The van der Waals surface area contributed by atoms with E-state index in [0.29, 0.717) is 28.8 Å². The molecule has 0 unspecified atom stereocenters. The van der Waals surface area contributed by atoms with Crippen molar-refractivity contribution in [1.29, 1.82) is 0 Å². The van der Waals surface area contributed by atoms with Gasteiger partial charge in [-0.1, -0.05) is 57.3 Å². The molecule has 1 aliphatic heterocycles. The van der Waals surface area contributed by atoms with Crippen molar-refractivity contribution in [2.24, 2.45) is 11.8 Å². The van der Waals surface area contributed by atoms with Crippen molar-refractivity contribution in [3.63, 3.8) is 0 Å². The first-order valence-corrected chi connectivity index (χ1v) is 10.4. The van der Waals surface area contributed by atoms with Crippen LogP contribution < -0.4 is 10.6 Å². The molecule has 28 heavy (non-hydrogen) atoms. The summed E-state index contributed by atoms with van der Waals surface area (Å²) in [6, 6.07) is 6.40. The summed E-state index contributed by atoms with van der Waals surface area (Å²) in [5, 5.41) is 6.38.